The van der Waals surface area contributed by atoms with Gasteiger partial charge in [0, 0.05) is 17.4 Å². The predicted molar refractivity (Wildman–Crippen MR) is 113 cm³/mol. The van der Waals surface area contributed by atoms with Crippen molar-refractivity contribution in [3.8, 4) is 11.5 Å². The van der Waals surface area contributed by atoms with E-state index in [0.717, 1.165) is 17.7 Å². The molecular formula is C22H24N4O3. The first kappa shape index (κ1) is 20.1. The topological polar surface area (TPSA) is 85.4 Å². The maximum Gasteiger partial charge on any atom is 0.275 e. The van der Waals surface area contributed by atoms with E-state index in [1.807, 2.05) is 19.1 Å². The Morgan fingerprint density at radius 2 is 1.83 bits per heavy atom. The molecule has 3 rings (SSSR count). The number of amides is 1. The largest absolute Gasteiger partial charge is 0.493 e. The van der Waals surface area contributed by atoms with Crippen LogP contribution >= 0.6 is 0 Å². The summed E-state index contributed by atoms with van der Waals surface area (Å²) in [7, 11) is 3.10. The van der Waals surface area contributed by atoms with Gasteiger partial charge in [0.25, 0.3) is 5.91 Å². The molecule has 0 saturated heterocycles. The number of aryl methyl sites for hydroxylation is 2. The predicted octanol–water partition coefficient (Wildman–Crippen LogP) is 4.36. The lowest BCUT2D eigenvalue weighted by Crippen LogP contribution is -2.14. The van der Waals surface area contributed by atoms with Crippen LogP contribution in [0.15, 0.2) is 48.8 Å². The number of nitrogens with one attached hydrogen (secondary N) is 2. The summed E-state index contributed by atoms with van der Waals surface area (Å²) in [6.07, 6.45) is 3.90. The molecule has 0 bridgehead atoms. The molecule has 0 aliphatic heterocycles. The van der Waals surface area contributed by atoms with Crippen LogP contribution < -0.4 is 20.1 Å². The molecule has 1 heterocycles. The van der Waals surface area contributed by atoms with Crippen molar-refractivity contribution in [3.05, 3.63) is 65.6 Å². The SMILES string of the molecule is CCc1cccc(C)c1Nc1cnc(C(=O)Nc2ccc(OC)c(OC)c2)cn1. The van der Waals surface area contributed by atoms with Crippen molar-refractivity contribution in [1.82, 2.24) is 9.97 Å². The zero-order valence-corrected chi connectivity index (χ0v) is 16.9. The third-order valence-electron chi connectivity index (χ3n) is 4.52. The van der Waals surface area contributed by atoms with Gasteiger partial charge in [0.15, 0.2) is 11.5 Å². The van der Waals surface area contributed by atoms with Crippen LogP contribution in [0.1, 0.15) is 28.5 Å². The van der Waals surface area contributed by atoms with Gasteiger partial charge < -0.3 is 20.1 Å². The summed E-state index contributed by atoms with van der Waals surface area (Å²) in [6, 6.07) is 11.3. The van der Waals surface area contributed by atoms with E-state index in [1.54, 1.807) is 38.6 Å². The first-order valence-corrected chi connectivity index (χ1v) is 9.26. The van der Waals surface area contributed by atoms with E-state index >= 15 is 0 Å². The van der Waals surface area contributed by atoms with Crippen molar-refractivity contribution in [2.75, 3.05) is 24.9 Å². The summed E-state index contributed by atoms with van der Waals surface area (Å²) < 4.78 is 10.5. The molecule has 7 heteroatoms. The Labute approximate surface area is 170 Å². The number of ether oxygens (including phenoxy) is 2. The lowest BCUT2D eigenvalue weighted by Gasteiger charge is -2.13. The van der Waals surface area contributed by atoms with Crippen LogP contribution in [0, 0.1) is 6.92 Å². The van der Waals surface area contributed by atoms with E-state index < -0.39 is 0 Å². The van der Waals surface area contributed by atoms with Gasteiger partial charge in [-0.25, -0.2) is 9.97 Å². The normalized spacial score (nSPS) is 10.3. The molecule has 7 nitrogen and oxygen atoms in total. The number of anilines is 3. The number of rotatable bonds is 7. The number of carbonyl (C=O) groups is 1. The Balaban J connectivity index is 1.73. The molecule has 29 heavy (non-hydrogen) atoms. The van der Waals surface area contributed by atoms with Gasteiger partial charge in [0.05, 0.1) is 26.6 Å². The average molecular weight is 392 g/mol. The number of benzene rings is 2. The fourth-order valence-electron chi connectivity index (χ4n) is 2.95. The molecule has 0 aliphatic carbocycles. The van der Waals surface area contributed by atoms with Crippen molar-refractivity contribution >= 4 is 23.1 Å². The average Bonchev–Trinajstić information content (AvgIpc) is 2.75. The summed E-state index contributed by atoms with van der Waals surface area (Å²) in [5.74, 6) is 1.34. The molecule has 1 amide bonds. The quantitative estimate of drug-likeness (QED) is 0.621. The van der Waals surface area contributed by atoms with Crippen LogP contribution in [0.3, 0.4) is 0 Å². The van der Waals surface area contributed by atoms with E-state index in [0.29, 0.717) is 23.0 Å². The molecule has 0 saturated carbocycles. The van der Waals surface area contributed by atoms with E-state index in [4.69, 9.17) is 9.47 Å². The minimum Gasteiger partial charge on any atom is -0.493 e. The second-order valence-electron chi connectivity index (χ2n) is 6.40. The summed E-state index contributed by atoms with van der Waals surface area (Å²) in [5, 5.41) is 6.08. The number of hydrogen-bond acceptors (Lipinski definition) is 6. The van der Waals surface area contributed by atoms with Crippen LogP contribution in [-0.4, -0.2) is 30.1 Å². The van der Waals surface area contributed by atoms with Crippen LogP contribution in [-0.2, 0) is 6.42 Å². The lowest BCUT2D eigenvalue weighted by atomic mass is 10.1. The van der Waals surface area contributed by atoms with Gasteiger partial charge in [-0.15, -0.1) is 0 Å². The Morgan fingerprint density at radius 1 is 1.03 bits per heavy atom. The molecule has 0 radical (unpaired) electrons. The van der Waals surface area contributed by atoms with Crippen LogP contribution in [0.2, 0.25) is 0 Å². The molecule has 0 atom stereocenters. The van der Waals surface area contributed by atoms with Gasteiger partial charge >= 0.3 is 0 Å². The van der Waals surface area contributed by atoms with Gasteiger partial charge in [-0.05, 0) is 36.6 Å². The highest BCUT2D eigenvalue weighted by molar-refractivity contribution is 6.02. The molecule has 0 fully saturated rings. The molecule has 3 aromatic rings. The molecule has 150 valence electrons. The minimum absolute atomic E-state index is 0.214. The molecule has 1 aromatic heterocycles. The zero-order chi connectivity index (χ0) is 20.8. The van der Waals surface area contributed by atoms with Crippen molar-refractivity contribution < 1.29 is 14.3 Å². The van der Waals surface area contributed by atoms with Gasteiger partial charge in [-0.1, -0.05) is 25.1 Å². The zero-order valence-electron chi connectivity index (χ0n) is 16.9. The van der Waals surface area contributed by atoms with Gasteiger partial charge in [-0.2, -0.15) is 0 Å². The van der Waals surface area contributed by atoms with E-state index in [1.165, 1.54) is 11.8 Å². The number of hydrogen-bond donors (Lipinski definition) is 2. The summed E-state index contributed by atoms with van der Waals surface area (Å²) in [5.41, 5.74) is 4.13. The molecule has 0 unspecified atom stereocenters. The lowest BCUT2D eigenvalue weighted by molar-refractivity contribution is 0.102. The second kappa shape index (κ2) is 9.05. The summed E-state index contributed by atoms with van der Waals surface area (Å²) in [4.78, 5) is 21.1. The fourth-order valence-corrected chi connectivity index (χ4v) is 2.95. The molecule has 2 N–H and O–H groups in total. The standard InChI is InChI=1S/C22H24N4O3/c1-5-15-8-6-7-14(2)21(15)26-20-13-23-17(12-24-20)22(27)25-16-9-10-18(28-3)19(11-16)29-4/h6-13H,5H2,1-4H3,(H,24,26)(H,25,27). The van der Waals surface area contributed by atoms with Crippen LogP contribution in [0.4, 0.5) is 17.2 Å². The maximum atomic E-state index is 12.5. The number of methoxy groups -OCH3 is 2. The van der Waals surface area contributed by atoms with Gasteiger partial charge in [-0.3, -0.25) is 4.79 Å². The fraction of sp³-hybridized carbons (Fsp3) is 0.227. The van der Waals surface area contributed by atoms with E-state index in [2.05, 4.69) is 33.6 Å². The third kappa shape index (κ3) is 4.63. The number of para-hydroxylation sites is 1. The first-order valence-electron chi connectivity index (χ1n) is 9.26. The number of carbonyl (C=O) groups excluding carboxylic acids is 1. The monoisotopic (exact) mass is 392 g/mol. The van der Waals surface area contributed by atoms with Gasteiger partial charge in [0.1, 0.15) is 11.5 Å². The van der Waals surface area contributed by atoms with Crippen molar-refractivity contribution in [3.63, 3.8) is 0 Å². The van der Waals surface area contributed by atoms with Crippen molar-refractivity contribution in [1.29, 1.82) is 0 Å². The Bertz CT molecular complexity index is 1000. The molecule has 0 aliphatic rings. The minimum atomic E-state index is -0.360. The number of nitrogens with zero attached hydrogens (tertiary/aromatic N) is 2. The molecule has 2 aromatic carbocycles. The highest BCUT2D eigenvalue weighted by atomic mass is 16.5. The number of aromatic nitrogens is 2. The Kier molecular flexibility index (Phi) is 6.29. The van der Waals surface area contributed by atoms with E-state index in [-0.39, 0.29) is 11.6 Å². The highest BCUT2D eigenvalue weighted by Crippen LogP contribution is 2.30. The van der Waals surface area contributed by atoms with Crippen LogP contribution in [0.25, 0.3) is 0 Å². The highest BCUT2D eigenvalue weighted by Gasteiger charge is 2.12. The Morgan fingerprint density at radius 3 is 2.48 bits per heavy atom. The second-order valence-corrected chi connectivity index (χ2v) is 6.40. The van der Waals surface area contributed by atoms with Crippen molar-refractivity contribution in [2.24, 2.45) is 0 Å². The van der Waals surface area contributed by atoms with Crippen molar-refractivity contribution in [2.45, 2.75) is 20.3 Å². The summed E-state index contributed by atoms with van der Waals surface area (Å²) in [6.45, 7) is 4.15. The third-order valence-corrected chi connectivity index (χ3v) is 4.52. The van der Waals surface area contributed by atoms with Crippen LogP contribution in [0.5, 0.6) is 11.5 Å². The Hall–Kier alpha value is -3.61. The van der Waals surface area contributed by atoms with Gasteiger partial charge in [0.2, 0.25) is 0 Å². The molecule has 0 spiro atoms. The molecular weight excluding hydrogens is 368 g/mol. The maximum absolute atomic E-state index is 12.5. The van der Waals surface area contributed by atoms with E-state index in [9.17, 15) is 4.79 Å². The summed E-state index contributed by atoms with van der Waals surface area (Å²) >= 11 is 0. The first-order chi connectivity index (χ1) is 14.0. The smallest absolute Gasteiger partial charge is 0.275 e.